The third-order valence-electron chi connectivity index (χ3n) is 4.14. The van der Waals surface area contributed by atoms with Crippen LogP contribution in [0, 0.1) is 0 Å². The zero-order valence-electron chi connectivity index (χ0n) is 14.4. The summed E-state index contributed by atoms with van der Waals surface area (Å²) in [6, 6.07) is 15.0. The number of amides is 1. The quantitative estimate of drug-likeness (QED) is 0.840. The lowest BCUT2D eigenvalue weighted by Crippen LogP contribution is -2.36. The van der Waals surface area contributed by atoms with Crippen molar-refractivity contribution in [3.05, 3.63) is 54.1 Å². The molecule has 0 aromatic heterocycles. The first-order valence-corrected chi connectivity index (χ1v) is 7.91. The van der Waals surface area contributed by atoms with Crippen molar-refractivity contribution < 1.29 is 19.1 Å². The topological polar surface area (TPSA) is 60.4 Å². The van der Waals surface area contributed by atoms with Crippen LogP contribution in [0.1, 0.15) is 12.0 Å². The van der Waals surface area contributed by atoms with Crippen LogP contribution in [0.15, 0.2) is 53.7 Å². The molecule has 0 saturated heterocycles. The van der Waals surface area contributed by atoms with E-state index in [9.17, 15) is 4.79 Å². The Bertz CT molecular complexity index is 789. The lowest BCUT2D eigenvalue weighted by atomic mass is 10.0. The summed E-state index contributed by atoms with van der Waals surface area (Å²) < 4.78 is 10.5. The first kappa shape index (κ1) is 16.8. The Kier molecular flexibility index (Phi) is 4.88. The molecule has 0 unspecified atom stereocenters. The van der Waals surface area contributed by atoms with E-state index in [0.717, 1.165) is 11.3 Å². The van der Waals surface area contributed by atoms with Gasteiger partial charge >= 0.3 is 0 Å². The molecule has 0 radical (unpaired) electrons. The van der Waals surface area contributed by atoms with E-state index in [-0.39, 0.29) is 5.91 Å². The average Bonchev–Trinajstić information content (AvgIpc) is 3.17. The Hall–Kier alpha value is -3.02. The number of rotatable bonds is 5. The number of ether oxygens (including phenoxy) is 2. The van der Waals surface area contributed by atoms with Gasteiger partial charge in [0.2, 0.25) is 6.10 Å². The third kappa shape index (κ3) is 3.42. The maximum absolute atomic E-state index is 12.6. The molecule has 25 heavy (non-hydrogen) atoms. The number of hydrogen-bond donors (Lipinski definition) is 0. The van der Waals surface area contributed by atoms with E-state index < -0.39 is 6.10 Å². The van der Waals surface area contributed by atoms with Gasteiger partial charge in [-0.3, -0.25) is 4.79 Å². The van der Waals surface area contributed by atoms with E-state index in [2.05, 4.69) is 5.16 Å². The zero-order valence-corrected chi connectivity index (χ0v) is 14.4. The fraction of sp³-hybridized carbons (Fsp3) is 0.263. The first-order chi connectivity index (χ1) is 12.1. The van der Waals surface area contributed by atoms with Crippen molar-refractivity contribution in [1.82, 2.24) is 0 Å². The zero-order chi connectivity index (χ0) is 17.8. The van der Waals surface area contributed by atoms with Gasteiger partial charge < -0.3 is 19.2 Å². The number of oxime groups is 1. The summed E-state index contributed by atoms with van der Waals surface area (Å²) in [6.45, 7) is 0. The Morgan fingerprint density at radius 2 is 1.84 bits per heavy atom. The Labute approximate surface area is 146 Å². The summed E-state index contributed by atoms with van der Waals surface area (Å²) >= 11 is 0. The summed E-state index contributed by atoms with van der Waals surface area (Å²) in [7, 11) is 4.90. The van der Waals surface area contributed by atoms with Crippen LogP contribution in [0.2, 0.25) is 0 Å². The van der Waals surface area contributed by atoms with Crippen LogP contribution in [0.25, 0.3) is 0 Å². The van der Waals surface area contributed by atoms with Gasteiger partial charge in [0, 0.05) is 24.7 Å². The van der Waals surface area contributed by atoms with Gasteiger partial charge in [-0.25, -0.2) is 0 Å². The molecule has 1 heterocycles. The SMILES string of the molecule is COc1ccc(C2=NO[C@@H](C(=O)N(C)c3ccccc3)C2)cc1OC. The number of likely N-dealkylation sites (N-methyl/N-ethyl adjacent to an activating group) is 1. The molecule has 130 valence electrons. The van der Waals surface area contributed by atoms with Gasteiger partial charge in [-0.1, -0.05) is 23.4 Å². The molecular formula is C19H20N2O4. The van der Waals surface area contributed by atoms with Crippen LogP contribution in [0.3, 0.4) is 0 Å². The molecule has 0 spiro atoms. The molecule has 3 rings (SSSR count). The minimum atomic E-state index is -0.631. The van der Waals surface area contributed by atoms with Crippen molar-refractivity contribution in [2.75, 3.05) is 26.2 Å². The number of hydrogen-bond acceptors (Lipinski definition) is 5. The van der Waals surface area contributed by atoms with Gasteiger partial charge in [0.05, 0.1) is 19.9 Å². The number of anilines is 1. The lowest BCUT2D eigenvalue weighted by molar-refractivity contribution is -0.128. The molecule has 0 bridgehead atoms. The van der Waals surface area contributed by atoms with Gasteiger partial charge in [0.1, 0.15) is 0 Å². The summed E-state index contributed by atoms with van der Waals surface area (Å²) in [5, 5.41) is 4.09. The van der Waals surface area contributed by atoms with E-state index in [0.29, 0.717) is 23.6 Å². The van der Waals surface area contributed by atoms with E-state index in [1.165, 1.54) is 0 Å². The number of benzene rings is 2. The molecule has 6 nitrogen and oxygen atoms in total. The van der Waals surface area contributed by atoms with Crippen molar-refractivity contribution in [2.24, 2.45) is 5.16 Å². The Balaban J connectivity index is 1.72. The van der Waals surface area contributed by atoms with Crippen LogP contribution in [0.5, 0.6) is 11.5 Å². The lowest BCUT2D eigenvalue weighted by Gasteiger charge is -2.19. The fourth-order valence-corrected chi connectivity index (χ4v) is 2.69. The third-order valence-corrected chi connectivity index (χ3v) is 4.14. The second-order valence-electron chi connectivity index (χ2n) is 5.64. The van der Waals surface area contributed by atoms with Crippen molar-refractivity contribution in [2.45, 2.75) is 12.5 Å². The molecule has 0 fully saturated rings. The van der Waals surface area contributed by atoms with Crippen LogP contribution < -0.4 is 14.4 Å². The molecule has 1 aliphatic rings. The molecule has 1 aliphatic heterocycles. The van der Waals surface area contributed by atoms with E-state index in [1.54, 1.807) is 26.2 Å². The van der Waals surface area contributed by atoms with Gasteiger partial charge in [0.25, 0.3) is 5.91 Å². The summed E-state index contributed by atoms with van der Waals surface area (Å²) in [5.74, 6) is 1.12. The van der Waals surface area contributed by atoms with Crippen LogP contribution in [-0.2, 0) is 9.63 Å². The molecule has 0 aliphatic carbocycles. The molecule has 1 amide bonds. The Morgan fingerprint density at radius 1 is 1.12 bits per heavy atom. The summed E-state index contributed by atoms with van der Waals surface area (Å²) in [6.07, 6.45) is -0.223. The maximum atomic E-state index is 12.6. The monoisotopic (exact) mass is 340 g/mol. The Morgan fingerprint density at radius 3 is 2.52 bits per heavy atom. The predicted molar refractivity (Wildman–Crippen MR) is 95.4 cm³/mol. The second kappa shape index (κ2) is 7.25. The fourth-order valence-electron chi connectivity index (χ4n) is 2.69. The van der Waals surface area contributed by atoms with E-state index in [4.69, 9.17) is 14.3 Å². The van der Waals surface area contributed by atoms with Crippen molar-refractivity contribution in [3.63, 3.8) is 0 Å². The normalized spacial score (nSPS) is 16.0. The van der Waals surface area contributed by atoms with Gasteiger partial charge in [0.15, 0.2) is 11.5 Å². The largest absolute Gasteiger partial charge is 0.493 e. The van der Waals surface area contributed by atoms with Crippen molar-refractivity contribution in [1.29, 1.82) is 0 Å². The van der Waals surface area contributed by atoms with Gasteiger partial charge in [-0.05, 0) is 30.3 Å². The minimum absolute atomic E-state index is 0.134. The van der Waals surface area contributed by atoms with E-state index in [1.807, 2.05) is 48.5 Å². The number of methoxy groups -OCH3 is 2. The van der Waals surface area contributed by atoms with E-state index >= 15 is 0 Å². The predicted octanol–water partition coefficient (Wildman–Crippen LogP) is 2.86. The first-order valence-electron chi connectivity index (χ1n) is 7.91. The molecule has 1 atom stereocenters. The highest BCUT2D eigenvalue weighted by molar-refractivity contribution is 6.06. The molecule has 2 aromatic carbocycles. The molecule has 0 saturated carbocycles. The summed E-state index contributed by atoms with van der Waals surface area (Å²) in [4.78, 5) is 19.6. The minimum Gasteiger partial charge on any atom is -0.493 e. The van der Waals surface area contributed by atoms with Crippen molar-refractivity contribution in [3.8, 4) is 11.5 Å². The highest BCUT2D eigenvalue weighted by Gasteiger charge is 2.31. The highest BCUT2D eigenvalue weighted by Crippen LogP contribution is 2.30. The van der Waals surface area contributed by atoms with Gasteiger partial charge in [-0.2, -0.15) is 0 Å². The highest BCUT2D eigenvalue weighted by atomic mass is 16.6. The molecule has 6 heteroatoms. The molecule has 2 aromatic rings. The number of nitrogens with zero attached hydrogens (tertiary/aromatic N) is 2. The summed E-state index contributed by atoms with van der Waals surface area (Å²) in [5.41, 5.74) is 2.37. The number of carbonyl (C=O) groups is 1. The maximum Gasteiger partial charge on any atom is 0.271 e. The van der Waals surface area contributed by atoms with Crippen LogP contribution >= 0.6 is 0 Å². The van der Waals surface area contributed by atoms with Crippen LogP contribution in [-0.4, -0.2) is 39.0 Å². The standard InChI is InChI=1S/C19H20N2O4/c1-21(14-7-5-4-6-8-14)19(22)18-12-15(20-25-18)13-9-10-16(23-2)17(11-13)24-3/h4-11,18H,12H2,1-3H3/t18-/m1/s1. The molecule has 0 N–H and O–H groups in total. The average molecular weight is 340 g/mol. The smallest absolute Gasteiger partial charge is 0.271 e. The van der Waals surface area contributed by atoms with Crippen molar-refractivity contribution >= 4 is 17.3 Å². The number of carbonyl (C=O) groups excluding carboxylic acids is 1. The molecular weight excluding hydrogens is 320 g/mol. The van der Waals surface area contributed by atoms with Gasteiger partial charge in [-0.15, -0.1) is 0 Å². The number of para-hydroxylation sites is 1. The second-order valence-corrected chi connectivity index (χ2v) is 5.64. The van der Waals surface area contributed by atoms with Crippen LogP contribution in [0.4, 0.5) is 5.69 Å².